The number of carbonyl (C=O) groups is 3. The van der Waals surface area contributed by atoms with E-state index in [1.807, 2.05) is 6.08 Å². The summed E-state index contributed by atoms with van der Waals surface area (Å²) in [7, 11) is 0. The zero-order valence-electron chi connectivity index (χ0n) is 20.5. The molecule has 0 aromatic rings. The maximum Gasteiger partial charge on any atom is 0.322 e. The first-order chi connectivity index (χ1) is 15.5. The number of rotatable bonds is 22. The molecule has 6 nitrogen and oxygen atoms in total. The van der Waals surface area contributed by atoms with Crippen LogP contribution in [0.4, 0.5) is 0 Å². The molecule has 32 heavy (non-hydrogen) atoms. The zero-order valence-corrected chi connectivity index (χ0v) is 20.5. The molecule has 0 saturated heterocycles. The molecule has 1 amide bonds. The van der Waals surface area contributed by atoms with Crippen molar-refractivity contribution < 1.29 is 24.2 Å². The Morgan fingerprint density at radius 1 is 0.812 bits per heavy atom. The van der Waals surface area contributed by atoms with Gasteiger partial charge in [0.2, 0.25) is 5.91 Å². The molecule has 6 heteroatoms. The second-order valence-electron chi connectivity index (χ2n) is 8.59. The van der Waals surface area contributed by atoms with Gasteiger partial charge in [0.05, 0.1) is 0 Å². The number of allylic oxidation sites excluding steroid dienone is 1. The standard InChI is InChI=1S/C26H47NO5/c1-3-5-7-9-10-11-17-21-26(31)32-23(18-14-8-6-4-2)19-15-12-13-16-20-24(28)27-22-25(29)30/h14,18,23H,3-13,15-17,19-22H2,1-2H3,(H,27,28)(H,29,30)/b18-14-. The Bertz CT molecular complexity index is 518. The normalized spacial score (nSPS) is 12.1. The van der Waals surface area contributed by atoms with Crippen LogP contribution in [0.2, 0.25) is 0 Å². The molecule has 1 unspecified atom stereocenters. The number of esters is 1. The van der Waals surface area contributed by atoms with Gasteiger partial charge in [-0.05, 0) is 38.2 Å². The van der Waals surface area contributed by atoms with Crippen molar-refractivity contribution in [2.24, 2.45) is 0 Å². The highest BCUT2D eigenvalue weighted by Crippen LogP contribution is 2.14. The smallest absolute Gasteiger partial charge is 0.322 e. The van der Waals surface area contributed by atoms with Crippen molar-refractivity contribution in [3.8, 4) is 0 Å². The summed E-state index contributed by atoms with van der Waals surface area (Å²) in [4.78, 5) is 34.2. The lowest BCUT2D eigenvalue weighted by molar-refractivity contribution is -0.147. The number of ether oxygens (including phenoxy) is 1. The van der Waals surface area contributed by atoms with Crippen LogP contribution >= 0.6 is 0 Å². The van der Waals surface area contributed by atoms with E-state index in [2.05, 4.69) is 25.2 Å². The molecule has 0 aromatic carbocycles. The number of hydrogen-bond acceptors (Lipinski definition) is 4. The van der Waals surface area contributed by atoms with Crippen LogP contribution < -0.4 is 5.32 Å². The van der Waals surface area contributed by atoms with Crippen molar-refractivity contribution in [1.29, 1.82) is 0 Å². The van der Waals surface area contributed by atoms with Gasteiger partial charge in [-0.1, -0.05) is 84.1 Å². The highest BCUT2D eigenvalue weighted by Gasteiger charge is 2.11. The number of carboxylic acid groups (broad SMARTS) is 1. The summed E-state index contributed by atoms with van der Waals surface area (Å²) in [5.41, 5.74) is 0. The molecular formula is C26H47NO5. The maximum absolute atomic E-state index is 12.3. The van der Waals surface area contributed by atoms with E-state index >= 15 is 0 Å². The maximum atomic E-state index is 12.3. The van der Waals surface area contributed by atoms with Crippen molar-refractivity contribution in [3.63, 3.8) is 0 Å². The van der Waals surface area contributed by atoms with Crippen LogP contribution in [0.1, 0.15) is 123 Å². The number of carbonyl (C=O) groups excluding carboxylic acids is 2. The van der Waals surface area contributed by atoms with Gasteiger partial charge in [-0.3, -0.25) is 14.4 Å². The van der Waals surface area contributed by atoms with E-state index < -0.39 is 5.97 Å². The van der Waals surface area contributed by atoms with Crippen LogP contribution in [0, 0.1) is 0 Å². The largest absolute Gasteiger partial charge is 0.480 e. The van der Waals surface area contributed by atoms with Gasteiger partial charge in [-0.25, -0.2) is 0 Å². The minimum atomic E-state index is -1.03. The first-order valence-corrected chi connectivity index (χ1v) is 12.8. The van der Waals surface area contributed by atoms with E-state index in [1.165, 1.54) is 32.1 Å². The van der Waals surface area contributed by atoms with Crippen LogP contribution in [0.15, 0.2) is 12.2 Å². The van der Waals surface area contributed by atoms with Gasteiger partial charge >= 0.3 is 11.9 Å². The van der Waals surface area contributed by atoms with Crippen molar-refractivity contribution in [3.05, 3.63) is 12.2 Å². The van der Waals surface area contributed by atoms with E-state index in [4.69, 9.17) is 9.84 Å². The fourth-order valence-corrected chi connectivity index (χ4v) is 3.47. The quantitative estimate of drug-likeness (QED) is 0.114. The average Bonchev–Trinajstić information content (AvgIpc) is 2.76. The molecule has 0 saturated carbocycles. The zero-order chi connectivity index (χ0) is 23.9. The number of nitrogens with one attached hydrogen (secondary N) is 1. The summed E-state index contributed by atoms with van der Waals surface area (Å²) in [6.45, 7) is 4.05. The molecule has 0 heterocycles. The summed E-state index contributed by atoms with van der Waals surface area (Å²) in [5, 5.41) is 10.9. The number of hydrogen-bond donors (Lipinski definition) is 2. The number of carboxylic acids is 1. The SMILES string of the molecule is CCCC/C=C\C(CCCCCCC(=O)NCC(=O)O)OC(=O)CCCCCCCCC. The minimum Gasteiger partial charge on any atom is -0.480 e. The van der Waals surface area contributed by atoms with Crippen LogP contribution in [0.3, 0.4) is 0 Å². The molecule has 0 fully saturated rings. The van der Waals surface area contributed by atoms with Gasteiger partial charge in [0.15, 0.2) is 0 Å². The van der Waals surface area contributed by atoms with Crippen molar-refractivity contribution in [2.45, 2.75) is 129 Å². The first kappa shape index (κ1) is 30.1. The first-order valence-electron chi connectivity index (χ1n) is 12.8. The fraction of sp³-hybridized carbons (Fsp3) is 0.808. The molecule has 1 atom stereocenters. The Morgan fingerprint density at radius 3 is 2.06 bits per heavy atom. The van der Waals surface area contributed by atoms with Gasteiger partial charge < -0.3 is 15.2 Å². The van der Waals surface area contributed by atoms with Crippen LogP contribution in [0.5, 0.6) is 0 Å². The third kappa shape index (κ3) is 21.4. The average molecular weight is 454 g/mol. The molecule has 0 aliphatic rings. The lowest BCUT2D eigenvalue weighted by Crippen LogP contribution is -2.28. The number of unbranched alkanes of at least 4 members (excludes halogenated alkanes) is 11. The Hall–Kier alpha value is -1.85. The summed E-state index contributed by atoms with van der Waals surface area (Å²) in [6, 6.07) is 0. The van der Waals surface area contributed by atoms with E-state index in [9.17, 15) is 14.4 Å². The van der Waals surface area contributed by atoms with Crippen LogP contribution in [0.25, 0.3) is 0 Å². The molecule has 0 aliphatic carbocycles. The van der Waals surface area contributed by atoms with Gasteiger partial charge in [-0.15, -0.1) is 0 Å². The van der Waals surface area contributed by atoms with Crippen molar-refractivity contribution in [1.82, 2.24) is 5.32 Å². The van der Waals surface area contributed by atoms with E-state index in [0.717, 1.165) is 64.2 Å². The number of amides is 1. The molecule has 2 N–H and O–H groups in total. The Labute approximate surface area is 195 Å². The molecule has 0 aliphatic heterocycles. The second-order valence-corrected chi connectivity index (χ2v) is 8.59. The third-order valence-corrected chi connectivity index (χ3v) is 5.42. The van der Waals surface area contributed by atoms with Crippen LogP contribution in [-0.2, 0) is 19.1 Å². The second kappa shape index (κ2) is 22.3. The fourth-order valence-electron chi connectivity index (χ4n) is 3.47. The molecule has 0 rings (SSSR count). The molecule has 0 spiro atoms. The summed E-state index contributed by atoms with van der Waals surface area (Å²) >= 11 is 0. The Kier molecular flexibility index (Phi) is 21.1. The monoisotopic (exact) mass is 453 g/mol. The Morgan fingerprint density at radius 2 is 1.41 bits per heavy atom. The van der Waals surface area contributed by atoms with Crippen molar-refractivity contribution >= 4 is 17.8 Å². The summed E-state index contributed by atoms with van der Waals surface area (Å²) in [5.74, 6) is -1.35. The van der Waals surface area contributed by atoms with E-state index in [0.29, 0.717) is 12.8 Å². The predicted molar refractivity (Wildman–Crippen MR) is 130 cm³/mol. The van der Waals surface area contributed by atoms with E-state index in [1.54, 1.807) is 0 Å². The number of aliphatic carboxylic acids is 1. The molecule has 186 valence electrons. The van der Waals surface area contributed by atoms with Crippen molar-refractivity contribution in [2.75, 3.05) is 6.54 Å². The highest BCUT2D eigenvalue weighted by atomic mass is 16.5. The van der Waals surface area contributed by atoms with Crippen LogP contribution in [-0.4, -0.2) is 35.6 Å². The van der Waals surface area contributed by atoms with Gasteiger partial charge in [0.1, 0.15) is 12.6 Å². The lowest BCUT2D eigenvalue weighted by Gasteiger charge is -2.15. The van der Waals surface area contributed by atoms with Gasteiger partial charge in [0, 0.05) is 12.8 Å². The van der Waals surface area contributed by atoms with Gasteiger partial charge in [-0.2, -0.15) is 0 Å². The Balaban J connectivity index is 4.09. The van der Waals surface area contributed by atoms with Gasteiger partial charge in [0.25, 0.3) is 0 Å². The summed E-state index contributed by atoms with van der Waals surface area (Å²) in [6.07, 6.45) is 20.8. The minimum absolute atomic E-state index is 0.0983. The molecule has 0 bridgehead atoms. The highest BCUT2D eigenvalue weighted by molar-refractivity contribution is 5.80. The third-order valence-electron chi connectivity index (χ3n) is 5.42. The molecular weight excluding hydrogens is 406 g/mol. The molecule has 0 radical (unpaired) electrons. The predicted octanol–water partition coefficient (Wildman–Crippen LogP) is 6.33. The lowest BCUT2D eigenvalue weighted by atomic mass is 10.1. The topological polar surface area (TPSA) is 92.7 Å². The summed E-state index contributed by atoms with van der Waals surface area (Å²) < 4.78 is 5.73. The van der Waals surface area contributed by atoms with E-state index in [-0.39, 0.29) is 24.5 Å². The molecule has 0 aromatic heterocycles.